The second-order valence-corrected chi connectivity index (χ2v) is 6.74. The van der Waals surface area contributed by atoms with Gasteiger partial charge in [0.15, 0.2) is 14.5 Å². The number of nitrogens with zero attached hydrogens (tertiary/aromatic N) is 1. The van der Waals surface area contributed by atoms with Gasteiger partial charge in [-0.15, -0.1) is 11.6 Å². The first kappa shape index (κ1) is 14.9. The summed E-state index contributed by atoms with van der Waals surface area (Å²) < 4.78 is 21.5. The maximum Gasteiger partial charge on any atom is 0.269 e. The zero-order valence-corrected chi connectivity index (χ0v) is 11.1. The van der Waals surface area contributed by atoms with E-state index in [1.54, 1.807) is 0 Å². The SMILES string of the molecule is CCS(=O)(=O)[C@H](Cl)[C@@H](O)c1cccc([N+](=O)[O-])c1. The number of rotatable bonds is 5. The summed E-state index contributed by atoms with van der Waals surface area (Å²) in [6, 6.07) is 5.09. The maximum absolute atomic E-state index is 11.5. The number of nitro benzene ring substituents is 1. The number of nitro groups is 1. The largest absolute Gasteiger partial charge is 0.386 e. The van der Waals surface area contributed by atoms with E-state index in [1.807, 2.05) is 0 Å². The molecule has 0 saturated carbocycles. The van der Waals surface area contributed by atoms with Crippen molar-refractivity contribution in [3.05, 3.63) is 39.9 Å². The molecule has 0 amide bonds. The van der Waals surface area contributed by atoms with Gasteiger partial charge in [0.25, 0.3) is 5.69 Å². The Morgan fingerprint density at radius 2 is 2.11 bits per heavy atom. The molecule has 1 aromatic rings. The minimum Gasteiger partial charge on any atom is -0.386 e. The predicted molar refractivity (Wildman–Crippen MR) is 67.2 cm³/mol. The molecule has 18 heavy (non-hydrogen) atoms. The van der Waals surface area contributed by atoms with Crippen molar-refractivity contribution in [1.82, 2.24) is 0 Å². The van der Waals surface area contributed by atoms with Crippen LogP contribution in [0.1, 0.15) is 18.6 Å². The lowest BCUT2D eigenvalue weighted by Gasteiger charge is -2.16. The minimum atomic E-state index is -3.63. The Balaban J connectivity index is 3.08. The average Bonchev–Trinajstić information content (AvgIpc) is 2.37. The van der Waals surface area contributed by atoms with E-state index in [1.165, 1.54) is 25.1 Å². The van der Waals surface area contributed by atoms with Crippen LogP contribution in [0.4, 0.5) is 5.69 Å². The van der Waals surface area contributed by atoms with Crippen molar-refractivity contribution >= 4 is 27.1 Å². The van der Waals surface area contributed by atoms with E-state index in [0.717, 1.165) is 6.07 Å². The minimum absolute atomic E-state index is 0.0984. The molecule has 0 aliphatic carbocycles. The highest BCUT2D eigenvalue weighted by atomic mass is 35.5. The molecule has 1 N–H and O–H groups in total. The highest BCUT2D eigenvalue weighted by molar-refractivity contribution is 7.93. The van der Waals surface area contributed by atoms with Gasteiger partial charge in [-0.25, -0.2) is 8.42 Å². The molecular formula is C10H12ClNO5S. The number of aliphatic hydroxyl groups is 1. The maximum atomic E-state index is 11.5. The van der Waals surface area contributed by atoms with Crippen LogP contribution in [0.3, 0.4) is 0 Å². The molecule has 0 aliphatic rings. The molecule has 1 rings (SSSR count). The molecular weight excluding hydrogens is 282 g/mol. The topological polar surface area (TPSA) is 97.5 Å². The molecule has 0 saturated heterocycles. The van der Waals surface area contributed by atoms with Crippen LogP contribution in [0, 0.1) is 10.1 Å². The lowest BCUT2D eigenvalue weighted by atomic mass is 10.1. The van der Waals surface area contributed by atoms with Crippen LogP contribution in [0.25, 0.3) is 0 Å². The number of halogens is 1. The first-order valence-electron chi connectivity index (χ1n) is 5.07. The molecule has 8 heteroatoms. The van der Waals surface area contributed by atoms with Crippen LogP contribution in [0.2, 0.25) is 0 Å². The molecule has 0 aromatic heterocycles. The van der Waals surface area contributed by atoms with Crippen molar-refractivity contribution in [2.45, 2.75) is 17.7 Å². The molecule has 0 fully saturated rings. The Kier molecular flexibility index (Phi) is 4.66. The summed E-state index contributed by atoms with van der Waals surface area (Å²) >= 11 is 5.68. The van der Waals surface area contributed by atoms with Gasteiger partial charge in [0.2, 0.25) is 0 Å². The van der Waals surface area contributed by atoms with Crippen molar-refractivity contribution in [3.63, 3.8) is 0 Å². The molecule has 0 aliphatic heterocycles. The highest BCUT2D eigenvalue weighted by Gasteiger charge is 2.30. The number of aliphatic hydroxyl groups excluding tert-OH is 1. The fourth-order valence-corrected chi connectivity index (χ4v) is 2.72. The Hall–Kier alpha value is -1.18. The normalized spacial score (nSPS) is 15.1. The van der Waals surface area contributed by atoms with Crippen LogP contribution >= 0.6 is 11.6 Å². The standard InChI is InChI=1S/C10H12ClNO5S/c1-2-18(16,17)10(11)9(13)7-4-3-5-8(6-7)12(14)15/h3-6,9-10,13H,2H2,1H3/t9-,10-/m0/s1. The van der Waals surface area contributed by atoms with Gasteiger partial charge in [0, 0.05) is 17.9 Å². The zero-order chi connectivity index (χ0) is 13.9. The third-order valence-corrected chi connectivity index (χ3v) is 5.22. The van der Waals surface area contributed by atoms with Gasteiger partial charge < -0.3 is 5.11 Å². The number of sulfone groups is 1. The van der Waals surface area contributed by atoms with Crippen LogP contribution in [-0.2, 0) is 9.84 Å². The third kappa shape index (κ3) is 3.18. The van der Waals surface area contributed by atoms with E-state index >= 15 is 0 Å². The highest BCUT2D eigenvalue weighted by Crippen LogP contribution is 2.27. The first-order valence-corrected chi connectivity index (χ1v) is 7.23. The summed E-state index contributed by atoms with van der Waals surface area (Å²) in [7, 11) is -3.63. The summed E-state index contributed by atoms with van der Waals surface area (Å²) in [5.74, 6) is -0.215. The molecule has 1 aromatic carbocycles. The molecule has 2 atom stereocenters. The van der Waals surface area contributed by atoms with Crippen LogP contribution < -0.4 is 0 Å². The number of hydrogen-bond acceptors (Lipinski definition) is 5. The van der Waals surface area contributed by atoms with Gasteiger partial charge in [-0.05, 0) is 5.56 Å². The van der Waals surface area contributed by atoms with E-state index in [4.69, 9.17) is 11.6 Å². The average molecular weight is 294 g/mol. The zero-order valence-electron chi connectivity index (χ0n) is 9.48. The summed E-state index contributed by atoms with van der Waals surface area (Å²) in [5, 5.41) is 20.4. The summed E-state index contributed by atoms with van der Waals surface area (Å²) in [6.45, 7) is 1.41. The first-order chi connectivity index (χ1) is 8.29. The van der Waals surface area contributed by atoms with Crippen molar-refractivity contribution in [3.8, 4) is 0 Å². The number of non-ortho nitro benzene ring substituents is 1. The fraction of sp³-hybridized carbons (Fsp3) is 0.400. The summed E-state index contributed by atoms with van der Waals surface area (Å²) in [6.07, 6.45) is -1.50. The van der Waals surface area contributed by atoms with Crippen molar-refractivity contribution in [1.29, 1.82) is 0 Å². The second-order valence-electron chi connectivity index (χ2n) is 3.60. The van der Waals surface area contributed by atoms with Gasteiger partial charge in [0.05, 0.1) is 4.92 Å². The van der Waals surface area contributed by atoms with Gasteiger partial charge in [-0.2, -0.15) is 0 Å². The van der Waals surface area contributed by atoms with Crippen LogP contribution in [0.5, 0.6) is 0 Å². The van der Waals surface area contributed by atoms with Crippen LogP contribution in [-0.4, -0.2) is 28.9 Å². The number of alkyl halides is 1. The Morgan fingerprint density at radius 3 is 2.61 bits per heavy atom. The van der Waals surface area contributed by atoms with Crippen molar-refractivity contribution < 1.29 is 18.4 Å². The number of benzene rings is 1. The smallest absolute Gasteiger partial charge is 0.269 e. The van der Waals surface area contributed by atoms with Crippen molar-refractivity contribution in [2.75, 3.05) is 5.75 Å². The summed E-state index contributed by atoms with van der Waals surface area (Å²) in [4.78, 5) is 9.94. The fourth-order valence-electron chi connectivity index (χ4n) is 1.33. The summed E-state index contributed by atoms with van der Waals surface area (Å²) in [5.41, 5.74) is -0.134. The van der Waals surface area contributed by atoms with Crippen LogP contribution in [0.15, 0.2) is 24.3 Å². The van der Waals surface area contributed by atoms with Gasteiger partial charge in [-0.3, -0.25) is 10.1 Å². The number of hydrogen-bond donors (Lipinski definition) is 1. The third-order valence-electron chi connectivity index (χ3n) is 2.42. The Bertz CT molecular complexity index is 545. The Labute approximate surface area is 109 Å². The molecule has 0 radical (unpaired) electrons. The molecule has 0 unspecified atom stereocenters. The lowest BCUT2D eigenvalue weighted by molar-refractivity contribution is -0.385. The van der Waals surface area contributed by atoms with E-state index in [9.17, 15) is 23.6 Å². The lowest BCUT2D eigenvalue weighted by Crippen LogP contribution is -2.24. The molecule has 0 heterocycles. The van der Waals surface area contributed by atoms with E-state index in [2.05, 4.69) is 0 Å². The molecule has 0 bridgehead atoms. The van der Waals surface area contributed by atoms with Gasteiger partial charge in [-0.1, -0.05) is 19.1 Å². The van der Waals surface area contributed by atoms with Gasteiger partial charge >= 0.3 is 0 Å². The predicted octanol–water partition coefficient (Wildman–Crippen LogP) is 1.63. The monoisotopic (exact) mass is 293 g/mol. The van der Waals surface area contributed by atoms with E-state index < -0.39 is 25.6 Å². The second kappa shape index (κ2) is 5.64. The quantitative estimate of drug-likeness (QED) is 0.505. The van der Waals surface area contributed by atoms with E-state index in [-0.39, 0.29) is 17.0 Å². The molecule has 0 spiro atoms. The van der Waals surface area contributed by atoms with Gasteiger partial charge in [0.1, 0.15) is 6.10 Å². The molecule has 6 nitrogen and oxygen atoms in total. The van der Waals surface area contributed by atoms with Crippen molar-refractivity contribution in [2.24, 2.45) is 0 Å². The molecule has 100 valence electrons. The van der Waals surface area contributed by atoms with E-state index in [0.29, 0.717) is 0 Å². The Morgan fingerprint density at radius 1 is 1.50 bits per heavy atom.